The molecule has 106 valence electrons. The van der Waals surface area contributed by atoms with Crippen molar-refractivity contribution in [2.45, 2.75) is 19.4 Å². The summed E-state index contributed by atoms with van der Waals surface area (Å²) in [6, 6.07) is 7.83. The van der Waals surface area contributed by atoms with Crippen LogP contribution in [0.15, 0.2) is 41.1 Å². The molecule has 0 amide bonds. The molecule has 5 heteroatoms. The van der Waals surface area contributed by atoms with Gasteiger partial charge < -0.3 is 5.32 Å². The molecule has 1 N–H and O–H groups in total. The third-order valence-electron chi connectivity index (χ3n) is 2.99. The normalized spacial score (nSPS) is 12.4. The third kappa shape index (κ3) is 4.19. The Morgan fingerprint density at radius 1 is 1.25 bits per heavy atom. The average molecular weight is 374 g/mol. The summed E-state index contributed by atoms with van der Waals surface area (Å²) in [5, 5.41) is 4.79. The predicted molar refractivity (Wildman–Crippen MR) is 88.5 cm³/mol. The summed E-state index contributed by atoms with van der Waals surface area (Å²) < 4.78 is 0.979. The van der Waals surface area contributed by atoms with Crippen LogP contribution >= 0.6 is 39.1 Å². The topological polar surface area (TPSA) is 24.9 Å². The van der Waals surface area contributed by atoms with Gasteiger partial charge in [-0.15, -0.1) is 0 Å². The molecule has 0 aliphatic heterocycles. The number of aromatic nitrogens is 1. The van der Waals surface area contributed by atoms with Crippen molar-refractivity contribution in [3.05, 3.63) is 62.3 Å². The van der Waals surface area contributed by atoms with Gasteiger partial charge in [0.15, 0.2) is 0 Å². The zero-order valence-electron chi connectivity index (χ0n) is 11.0. The summed E-state index contributed by atoms with van der Waals surface area (Å²) in [5.41, 5.74) is 2.20. The van der Waals surface area contributed by atoms with Crippen LogP contribution in [0.4, 0.5) is 0 Å². The lowest BCUT2D eigenvalue weighted by Crippen LogP contribution is -2.23. The molecule has 0 fully saturated rings. The molecule has 1 unspecified atom stereocenters. The number of halogens is 3. The highest BCUT2D eigenvalue weighted by Crippen LogP contribution is 2.28. The Bertz CT molecular complexity index is 590. The monoisotopic (exact) mass is 372 g/mol. The van der Waals surface area contributed by atoms with Crippen molar-refractivity contribution >= 4 is 39.1 Å². The summed E-state index contributed by atoms with van der Waals surface area (Å²) in [4.78, 5) is 4.20. The van der Waals surface area contributed by atoms with Crippen LogP contribution in [0.5, 0.6) is 0 Å². The van der Waals surface area contributed by atoms with Crippen LogP contribution in [0.1, 0.15) is 24.1 Å². The first-order valence-electron chi connectivity index (χ1n) is 6.38. The minimum absolute atomic E-state index is 0.140. The smallest absolute Gasteiger partial charge is 0.0468 e. The van der Waals surface area contributed by atoms with Gasteiger partial charge in [-0.05, 0) is 58.2 Å². The van der Waals surface area contributed by atoms with Crippen LogP contribution in [-0.4, -0.2) is 11.5 Å². The molecule has 0 aliphatic rings. The summed E-state index contributed by atoms with van der Waals surface area (Å²) in [6.45, 7) is 2.95. The second kappa shape index (κ2) is 7.41. The van der Waals surface area contributed by atoms with Crippen molar-refractivity contribution in [3.63, 3.8) is 0 Å². The molecule has 1 aromatic carbocycles. The molecule has 2 nitrogen and oxygen atoms in total. The van der Waals surface area contributed by atoms with E-state index in [2.05, 4.69) is 39.2 Å². The molecule has 0 bridgehead atoms. The van der Waals surface area contributed by atoms with Crippen molar-refractivity contribution in [1.82, 2.24) is 10.3 Å². The van der Waals surface area contributed by atoms with Gasteiger partial charge in [-0.3, -0.25) is 4.98 Å². The van der Waals surface area contributed by atoms with E-state index in [1.54, 1.807) is 12.3 Å². The first-order chi connectivity index (χ1) is 9.60. The molecule has 1 aromatic heterocycles. The minimum atomic E-state index is 0.140. The van der Waals surface area contributed by atoms with Gasteiger partial charge in [-0.1, -0.05) is 36.2 Å². The lowest BCUT2D eigenvalue weighted by Gasteiger charge is -2.20. The van der Waals surface area contributed by atoms with Crippen LogP contribution < -0.4 is 5.32 Å². The second-order valence-corrected chi connectivity index (χ2v) is 6.25. The van der Waals surface area contributed by atoms with Crippen LogP contribution in [-0.2, 0) is 6.42 Å². The fraction of sp³-hybridized carbons (Fsp3) is 0.267. The van der Waals surface area contributed by atoms with E-state index in [4.69, 9.17) is 23.2 Å². The molecule has 0 saturated carbocycles. The maximum absolute atomic E-state index is 6.31. The van der Waals surface area contributed by atoms with Gasteiger partial charge >= 0.3 is 0 Å². The SMILES string of the molecule is CCNC(Cc1cncc(Br)c1)c1ccc(Cl)cc1Cl. The number of hydrogen-bond donors (Lipinski definition) is 1. The van der Waals surface area contributed by atoms with E-state index < -0.39 is 0 Å². The van der Waals surface area contributed by atoms with E-state index in [-0.39, 0.29) is 6.04 Å². The molecular weight excluding hydrogens is 359 g/mol. The van der Waals surface area contributed by atoms with Crippen molar-refractivity contribution in [2.75, 3.05) is 6.54 Å². The Morgan fingerprint density at radius 2 is 2.05 bits per heavy atom. The number of rotatable bonds is 5. The number of likely N-dealkylation sites (N-methyl/N-ethyl adjacent to an activating group) is 1. The number of pyridine rings is 1. The van der Waals surface area contributed by atoms with Gasteiger partial charge in [-0.2, -0.15) is 0 Å². The standard InChI is InChI=1S/C15H15BrCl2N2/c1-2-20-15(6-10-5-11(16)9-19-8-10)13-4-3-12(17)7-14(13)18/h3-5,7-9,15,20H,2,6H2,1H3. The Kier molecular flexibility index (Phi) is 5.85. The summed E-state index contributed by atoms with van der Waals surface area (Å²) in [7, 11) is 0. The Hall–Kier alpha value is -0.610. The first kappa shape index (κ1) is 15.8. The second-order valence-electron chi connectivity index (χ2n) is 4.49. The highest BCUT2D eigenvalue weighted by atomic mass is 79.9. The van der Waals surface area contributed by atoms with Gasteiger partial charge in [0.1, 0.15) is 0 Å². The first-order valence-corrected chi connectivity index (χ1v) is 7.92. The fourth-order valence-electron chi connectivity index (χ4n) is 2.13. The summed E-state index contributed by atoms with van der Waals surface area (Å²) >= 11 is 15.7. The lowest BCUT2D eigenvalue weighted by atomic mass is 9.99. The highest BCUT2D eigenvalue weighted by molar-refractivity contribution is 9.10. The van der Waals surface area contributed by atoms with E-state index in [1.165, 1.54) is 0 Å². The zero-order valence-corrected chi connectivity index (χ0v) is 14.1. The van der Waals surface area contributed by atoms with Crippen molar-refractivity contribution in [2.24, 2.45) is 0 Å². The van der Waals surface area contributed by atoms with Gasteiger partial charge in [0.25, 0.3) is 0 Å². The van der Waals surface area contributed by atoms with E-state index in [0.717, 1.165) is 28.6 Å². The van der Waals surface area contributed by atoms with Crippen molar-refractivity contribution in [3.8, 4) is 0 Å². The summed E-state index contributed by atoms with van der Waals surface area (Å²) in [5.74, 6) is 0. The molecule has 0 radical (unpaired) electrons. The van der Waals surface area contributed by atoms with Crippen LogP contribution in [0, 0.1) is 0 Å². The maximum atomic E-state index is 6.31. The van der Waals surface area contributed by atoms with Crippen molar-refractivity contribution in [1.29, 1.82) is 0 Å². The van der Waals surface area contributed by atoms with Gasteiger partial charge in [-0.25, -0.2) is 0 Å². The Labute approximate surface area is 137 Å². The van der Waals surface area contributed by atoms with Crippen LogP contribution in [0.2, 0.25) is 10.0 Å². The van der Waals surface area contributed by atoms with Crippen LogP contribution in [0.25, 0.3) is 0 Å². The molecule has 2 rings (SSSR count). The van der Waals surface area contributed by atoms with Crippen LogP contribution in [0.3, 0.4) is 0 Å². The number of benzene rings is 1. The van der Waals surface area contributed by atoms with E-state index in [9.17, 15) is 0 Å². The largest absolute Gasteiger partial charge is 0.310 e. The molecule has 2 aromatic rings. The summed E-state index contributed by atoms with van der Waals surface area (Å²) in [6.07, 6.45) is 4.47. The number of hydrogen-bond acceptors (Lipinski definition) is 2. The quantitative estimate of drug-likeness (QED) is 0.793. The predicted octanol–water partition coefficient (Wildman–Crippen LogP) is 5.04. The maximum Gasteiger partial charge on any atom is 0.0468 e. The molecule has 20 heavy (non-hydrogen) atoms. The average Bonchev–Trinajstić information content (AvgIpc) is 2.38. The minimum Gasteiger partial charge on any atom is -0.310 e. The molecule has 1 atom stereocenters. The van der Waals surface area contributed by atoms with E-state index in [0.29, 0.717) is 10.0 Å². The Morgan fingerprint density at radius 3 is 2.70 bits per heavy atom. The van der Waals surface area contributed by atoms with Gasteiger partial charge in [0.2, 0.25) is 0 Å². The molecule has 0 aliphatic carbocycles. The Balaban J connectivity index is 2.26. The molecule has 0 spiro atoms. The lowest BCUT2D eigenvalue weighted by molar-refractivity contribution is 0.549. The molecule has 0 saturated heterocycles. The molecular formula is C15H15BrCl2N2. The zero-order chi connectivity index (χ0) is 14.5. The fourth-order valence-corrected chi connectivity index (χ4v) is 3.08. The molecule has 1 heterocycles. The number of nitrogens with one attached hydrogen (secondary N) is 1. The van der Waals surface area contributed by atoms with E-state index in [1.807, 2.05) is 18.3 Å². The van der Waals surface area contributed by atoms with E-state index >= 15 is 0 Å². The number of nitrogens with zero attached hydrogens (tertiary/aromatic N) is 1. The highest BCUT2D eigenvalue weighted by Gasteiger charge is 2.15. The van der Waals surface area contributed by atoms with Crippen molar-refractivity contribution < 1.29 is 0 Å². The third-order valence-corrected chi connectivity index (χ3v) is 3.99. The van der Waals surface area contributed by atoms with Gasteiger partial charge in [0, 0.05) is 33.0 Å². The van der Waals surface area contributed by atoms with Gasteiger partial charge in [0.05, 0.1) is 0 Å².